The van der Waals surface area contributed by atoms with E-state index in [1.807, 2.05) is 40.9 Å². The van der Waals surface area contributed by atoms with Crippen LogP contribution in [0.25, 0.3) is 0 Å². The van der Waals surface area contributed by atoms with Gasteiger partial charge in [0.25, 0.3) is 0 Å². The van der Waals surface area contributed by atoms with Crippen LogP contribution in [-0.4, -0.2) is 27.0 Å². The molecular weight excluding hydrogens is 326 g/mol. The van der Waals surface area contributed by atoms with Crippen LogP contribution in [0, 0.1) is 5.92 Å². The maximum absolute atomic E-state index is 13.1. The van der Waals surface area contributed by atoms with E-state index in [1.165, 1.54) is 5.56 Å². The predicted molar refractivity (Wildman–Crippen MR) is 90.3 cm³/mol. The van der Waals surface area contributed by atoms with Gasteiger partial charge in [0.1, 0.15) is 11.9 Å². The number of rotatable bonds is 2. The lowest BCUT2D eigenvalue weighted by atomic mass is 9.92. The van der Waals surface area contributed by atoms with Crippen LogP contribution in [0.5, 0.6) is 0 Å². The molecule has 4 rings (SSSR count). The third-order valence-electron chi connectivity index (χ3n) is 4.95. The first-order valence-electron chi connectivity index (χ1n) is 8.28. The number of amides is 1. The van der Waals surface area contributed by atoms with E-state index in [1.54, 1.807) is 6.20 Å². The second-order valence-corrected chi connectivity index (χ2v) is 6.98. The van der Waals surface area contributed by atoms with Crippen molar-refractivity contribution in [2.24, 2.45) is 13.0 Å². The quantitative estimate of drug-likeness (QED) is 0.840. The van der Waals surface area contributed by atoms with Crippen molar-refractivity contribution in [1.82, 2.24) is 14.5 Å². The highest BCUT2D eigenvalue weighted by molar-refractivity contribution is 6.30. The van der Waals surface area contributed by atoms with E-state index < -0.39 is 0 Å². The Morgan fingerprint density at radius 2 is 2.17 bits per heavy atom. The van der Waals surface area contributed by atoms with E-state index in [9.17, 15) is 4.79 Å². The number of hydrogen-bond donors (Lipinski definition) is 0. The van der Waals surface area contributed by atoms with Crippen molar-refractivity contribution >= 4 is 17.5 Å². The molecule has 0 saturated carbocycles. The Kier molecular flexibility index (Phi) is 4.06. The molecule has 0 bridgehead atoms. The number of ether oxygens (including phenoxy) is 1. The predicted octanol–water partition coefficient (Wildman–Crippen LogP) is 3.08. The number of benzene rings is 1. The van der Waals surface area contributed by atoms with Crippen LogP contribution in [0.3, 0.4) is 0 Å². The second-order valence-electron chi connectivity index (χ2n) is 6.54. The smallest absolute Gasteiger partial charge is 0.229 e. The molecule has 1 aromatic heterocycles. The van der Waals surface area contributed by atoms with Crippen LogP contribution in [0.15, 0.2) is 30.6 Å². The summed E-state index contributed by atoms with van der Waals surface area (Å²) in [7, 11) is 1.94. The summed E-state index contributed by atoms with van der Waals surface area (Å²) >= 11 is 6.07. The monoisotopic (exact) mass is 345 g/mol. The molecule has 2 aliphatic rings. The Bertz CT molecular complexity index is 773. The molecule has 24 heavy (non-hydrogen) atoms. The minimum absolute atomic E-state index is 0.148. The van der Waals surface area contributed by atoms with Gasteiger partial charge in [-0.25, -0.2) is 4.98 Å². The zero-order valence-electron chi connectivity index (χ0n) is 13.6. The topological polar surface area (TPSA) is 47.4 Å². The zero-order valence-corrected chi connectivity index (χ0v) is 14.4. The first kappa shape index (κ1) is 15.7. The van der Waals surface area contributed by atoms with Gasteiger partial charge in [0.15, 0.2) is 0 Å². The van der Waals surface area contributed by atoms with Crippen LogP contribution < -0.4 is 0 Å². The largest absolute Gasteiger partial charge is 0.369 e. The van der Waals surface area contributed by atoms with Gasteiger partial charge in [-0.2, -0.15) is 0 Å². The minimum Gasteiger partial charge on any atom is -0.369 e. The summed E-state index contributed by atoms with van der Waals surface area (Å²) < 4.78 is 7.88. The summed E-state index contributed by atoms with van der Waals surface area (Å²) in [5.41, 5.74) is 2.32. The summed E-state index contributed by atoms with van der Waals surface area (Å²) in [4.78, 5) is 19.5. The maximum Gasteiger partial charge on any atom is 0.229 e. The van der Waals surface area contributed by atoms with Crippen molar-refractivity contribution in [1.29, 1.82) is 0 Å². The number of nitrogens with zero attached hydrogens (tertiary/aromatic N) is 3. The summed E-state index contributed by atoms with van der Waals surface area (Å²) in [5, 5.41) is 0.718. The van der Waals surface area contributed by atoms with Gasteiger partial charge in [-0.1, -0.05) is 17.7 Å². The highest BCUT2D eigenvalue weighted by atomic mass is 35.5. The Morgan fingerprint density at radius 1 is 1.33 bits per heavy atom. The highest BCUT2D eigenvalue weighted by Gasteiger charge is 2.39. The lowest BCUT2D eigenvalue weighted by Crippen LogP contribution is -2.39. The molecule has 0 aliphatic carbocycles. The molecule has 2 atom stereocenters. The van der Waals surface area contributed by atoms with Gasteiger partial charge in [-0.15, -0.1) is 0 Å². The van der Waals surface area contributed by atoms with Gasteiger partial charge < -0.3 is 14.2 Å². The molecule has 0 spiro atoms. The Morgan fingerprint density at radius 3 is 2.96 bits per heavy atom. The van der Waals surface area contributed by atoms with Crippen LogP contribution in [0.1, 0.15) is 35.9 Å². The summed E-state index contributed by atoms with van der Waals surface area (Å²) in [5.74, 6) is 0.799. The average molecular weight is 346 g/mol. The van der Waals surface area contributed by atoms with E-state index in [-0.39, 0.29) is 17.9 Å². The van der Waals surface area contributed by atoms with Crippen molar-refractivity contribution in [2.75, 3.05) is 6.61 Å². The van der Waals surface area contributed by atoms with E-state index in [4.69, 9.17) is 16.3 Å². The molecule has 2 aliphatic heterocycles. The van der Waals surface area contributed by atoms with Crippen LogP contribution in [0.4, 0.5) is 0 Å². The first-order valence-corrected chi connectivity index (χ1v) is 8.66. The average Bonchev–Trinajstić information content (AvgIpc) is 3.19. The number of aromatic nitrogens is 2. The molecule has 1 aromatic carbocycles. The van der Waals surface area contributed by atoms with Gasteiger partial charge >= 0.3 is 0 Å². The Hall–Kier alpha value is -1.85. The number of halogens is 1. The number of fused-ring (bicyclic) bond motifs is 1. The fourth-order valence-corrected chi connectivity index (χ4v) is 3.89. The molecule has 6 heteroatoms. The van der Waals surface area contributed by atoms with Crippen molar-refractivity contribution < 1.29 is 9.53 Å². The van der Waals surface area contributed by atoms with Crippen molar-refractivity contribution in [2.45, 2.75) is 32.0 Å². The molecule has 2 aromatic rings. The maximum atomic E-state index is 13.1. The lowest BCUT2D eigenvalue weighted by molar-refractivity contribution is -0.146. The fraction of sp³-hybridized carbons (Fsp3) is 0.444. The molecule has 0 radical (unpaired) electrons. The highest BCUT2D eigenvalue weighted by Crippen LogP contribution is 2.36. The second kappa shape index (κ2) is 6.22. The van der Waals surface area contributed by atoms with Gasteiger partial charge in [-0.05, 0) is 36.1 Å². The zero-order chi connectivity index (χ0) is 16.7. The molecule has 0 N–H and O–H groups in total. The Labute approximate surface area is 146 Å². The van der Waals surface area contributed by atoms with Crippen LogP contribution >= 0.6 is 11.6 Å². The summed E-state index contributed by atoms with van der Waals surface area (Å²) in [6.07, 6.45) is 5.12. The fourth-order valence-electron chi connectivity index (χ4n) is 3.69. The van der Waals surface area contributed by atoms with Gasteiger partial charge in [-0.3, -0.25) is 4.79 Å². The third kappa shape index (κ3) is 2.72. The van der Waals surface area contributed by atoms with Crippen molar-refractivity contribution in [3.05, 3.63) is 52.6 Å². The van der Waals surface area contributed by atoms with Crippen LogP contribution in [-0.2, 0) is 29.7 Å². The van der Waals surface area contributed by atoms with Crippen molar-refractivity contribution in [3.63, 3.8) is 0 Å². The third-order valence-corrected chi connectivity index (χ3v) is 5.19. The molecule has 1 amide bonds. The van der Waals surface area contributed by atoms with Crippen LogP contribution in [0.2, 0.25) is 5.02 Å². The molecule has 3 heterocycles. The molecule has 126 valence electrons. The number of carbonyl (C=O) groups excluding carboxylic acids is 1. The van der Waals surface area contributed by atoms with E-state index in [0.717, 1.165) is 29.3 Å². The Balaban J connectivity index is 1.56. The van der Waals surface area contributed by atoms with E-state index >= 15 is 0 Å². The first-order chi connectivity index (χ1) is 11.6. The molecular formula is C18H20ClN3O2. The van der Waals surface area contributed by atoms with E-state index in [0.29, 0.717) is 19.7 Å². The minimum atomic E-state index is -0.265. The van der Waals surface area contributed by atoms with Crippen molar-refractivity contribution in [3.8, 4) is 0 Å². The summed E-state index contributed by atoms with van der Waals surface area (Å²) in [6.45, 7) is 1.95. The standard InChI is InChI=1S/C18H20ClN3O2/c1-21-7-6-20-17(21)16-15(3-2-8-24-16)18(23)22-10-12-4-5-14(19)9-13(12)11-22/h4-7,9,15-16H,2-3,8,10-11H2,1H3/t15-,16-/m1/s1. The van der Waals surface area contributed by atoms with Gasteiger partial charge in [0.05, 0.1) is 5.92 Å². The number of aryl methyl sites for hydroxylation is 1. The summed E-state index contributed by atoms with van der Waals surface area (Å²) in [6, 6.07) is 5.85. The number of carbonyl (C=O) groups is 1. The normalized spacial score (nSPS) is 23.3. The van der Waals surface area contributed by atoms with Gasteiger partial charge in [0.2, 0.25) is 5.91 Å². The molecule has 0 unspecified atom stereocenters. The lowest BCUT2D eigenvalue weighted by Gasteiger charge is -2.33. The molecule has 1 fully saturated rings. The van der Waals surface area contributed by atoms with Gasteiger partial charge in [0, 0.05) is 44.2 Å². The number of hydrogen-bond acceptors (Lipinski definition) is 3. The SMILES string of the molecule is Cn1ccnc1[C@@H]1OCCC[C@H]1C(=O)N1Cc2ccc(Cl)cc2C1. The van der Waals surface area contributed by atoms with E-state index in [2.05, 4.69) is 4.98 Å². The molecule has 5 nitrogen and oxygen atoms in total. The molecule has 1 saturated heterocycles. The number of imidazole rings is 1.